The van der Waals surface area contributed by atoms with Crippen LogP contribution in [0.5, 0.6) is 5.75 Å². The Bertz CT molecular complexity index is 696. The highest BCUT2D eigenvalue weighted by Crippen LogP contribution is 2.26. The molecule has 0 bridgehead atoms. The molecule has 1 atom stereocenters. The number of nitrogens with one attached hydrogen (secondary N) is 2. The molecular weight excluding hydrogens is 365 g/mol. The number of aliphatic imine (C=N–C) groups is 1. The molecule has 0 aliphatic rings. The molecule has 8 heteroatoms. The SMILES string of the molecule is CCNC(=NCC(O)c1ccc(Cl)s1)NCCOc1cccc(F)c1. The molecule has 0 radical (unpaired) electrons. The van der Waals surface area contributed by atoms with Crippen molar-refractivity contribution in [3.8, 4) is 5.75 Å². The van der Waals surface area contributed by atoms with Crippen molar-refractivity contribution < 1.29 is 14.2 Å². The second-order valence-electron chi connectivity index (χ2n) is 5.11. The van der Waals surface area contributed by atoms with E-state index in [-0.39, 0.29) is 12.4 Å². The van der Waals surface area contributed by atoms with Gasteiger partial charge < -0.3 is 20.5 Å². The number of nitrogens with zero attached hydrogens (tertiary/aromatic N) is 1. The van der Waals surface area contributed by atoms with Gasteiger partial charge in [0.25, 0.3) is 0 Å². The summed E-state index contributed by atoms with van der Waals surface area (Å²) in [6.07, 6.45) is -0.698. The van der Waals surface area contributed by atoms with Gasteiger partial charge in [0.2, 0.25) is 0 Å². The topological polar surface area (TPSA) is 65.9 Å². The molecule has 0 saturated heterocycles. The zero-order valence-electron chi connectivity index (χ0n) is 13.8. The Morgan fingerprint density at radius 1 is 1.36 bits per heavy atom. The predicted octanol–water partition coefficient (Wildman–Crippen LogP) is 3.21. The van der Waals surface area contributed by atoms with Gasteiger partial charge in [-0.15, -0.1) is 11.3 Å². The van der Waals surface area contributed by atoms with E-state index in [9.17, 15) is 9.50 Å². The number of hydrogen-bond donors (Lipinski definition) is 3. The average molecular weight is 386 g/mol. The standard InChI is InChI=1S/C17H21ClFN3O2S/c1-2-20-17(22-11-14(23)15-6-7-16(18)25-15)21-8-9-24-13-5-3-4-12(19)10-13/h3-7,10,14,23H,2,8-9,11H2,1H3,(H2,20,21,22). The van der Waals surface area contributed by atoms with E-state index in [1.165, 1.54) is 23.5 Å². The van der Waals surface area contributed by atoms with E-state index < -0.39 is 6.10 Å². The Balaban J connectivity index is 1.79. The average Bonchev–Trinajstić information content (AvgIpc) is 3.03. The summed E-state index contributed by atoms with van der Waals surface area (Å²) in [5.41, 5.74) is 0. The molecule has 0 fully saturated rings. The highest BCUT2D eigenvalue weighted by molar-refractivity contribution is 7.16. The van der Waals surface area contributed by atoms with Crippen molar-refractivity contribution in [1.29, 1.82) is 0 Å². The van der Waals surface area contributed by atoms with E-state index in [0.717, 1.165) is 4.88 Å². The van der Waals surface area contributed by atoms with Gasteiger partial charge in [-0.1, -0.05) is 17.7 Å². The Hall–Kier alpha value is -1.83. The normalized spacial score (nSPS) is 12.7. The lowest BCUT2D eigenvalue weighted by Crippen LogP contribution is -2.39. The minimum Gasteiger partial charge on any atom is -0.492 e. The number of guanidine groups is 1. The van der Waals surface area contributed by atoms with Crippen molar-refractivity contribution >= 4 is 28.9 Å². The largest absolute Gasteiger partial charge is 0.492 e. The maximum atomic E-state index is 13.1. The van der Waals surface area contributed by atoms with Crippen LogP contribution in [0.2, 0.25) is 4.34 Å². The third-order valence-corrected chi connectivity index (χ3v) is 4.48. The molecule has 2 rings (SSSR count). The molecule has 2 aromatic rings. The fourth-order valence-corrected chi connectivity index (χ4v) is 3.05. The molecule has 0 amide bonds. The third kappa shape index (κ3) is 6.89. The van der Waals surface area contributed by atoms with Crippen molar-refractivity contribution in [2.75, 3.05) is 26.2 Å². The van der Waals surface area contributed by atoms with Crippen molar-refractivity contribution in [3.63, 3.8) is 0 Å². The lowest BCUT2D eigenvalue weighted by Gasteiger charge is -2.13. The summed E-state index contributed by atoms with van der Waals surface area (Å²) in [4.78, 5) is 5.13. The van der Waals surface area contributed by atoms with Gasteiger partial charge in [0.1, 0.15) is 24.3 Å². The second-order valence-corrected chi connectivity index (χ2v) is 6.86. The van der Waals surface area contributed by atoms with Crippen LogP contribution in [0.15, 0.2) is 41.4 Å². The number of benzene rings is 1. The molecule has 1 heterocycles. The summed E-state index contributed by atoms with van der Waals surface area (Å²) in [5, 5.41) is 16.3. The summed E-state index contributed by atoms with van der Waals surface area (Å²) < 4.78 is 19.2. The van der Waals surface area contributed by atoms with Crippen molar-refractivity contribution in [2.24, 2.45) is 4.99 Å². The highest BCUT2D eigenvalue weighted by atomic mass is 35.5. The van der Waals surface area contributed by atoms with Gasteiger partial charge in [-0.05, 0) is 31.2 Å². The maximum absolute atomic E-state index is 13.1. The van der Waals surface area contributed by atoms with E-state index in [0.29, 0.717) is 35.7 Å². The van der Waals surface area contributed by atoms with Gasteiger partial charge in [0, 0.05) is 17.5 Å². The van der Waals surface area contributed by atoms with Crippen LogP contribution in [0.4, 0.5) is 4.39 Å². The lowest BCUT2D eigenvalue weighted by molar-refractivity contribution is 0.191. The van der Waals surface area contributed by atoms with E-state index >= 15 is 0 Å². The summed E-state index contributed by atoms with van der Waals surface area (Å²) in [6, 6.07) is 9.55. The van der Waals surface area contributed by atoms with E-state index in [2.05, 4.69) is 15.6 Å². The highest BCUT2D eigenvalue weighted by Gasteiger charge is 2.10. The number of hydrogen-bond acceptors (Lipinski definition) is 4. The first-order valence-electron chi connectivity index (χ1n) is 7.92. The Labute approximate surface area is 155 Å². The van der Waals surface area contributed by atoms with Gasteiger partial charge >= 0.3 is 0 Å². The summed E-state index contributed by atoms with van der Waals surface area (Å²) >= 11 is 7.21. The number of aliphatic hydroxyl groups is 1. The molecule has 3 N–H and O–H groups in total. The van der Waals surface area contributed by atoms with Gasteiger partial charge in [-0.3, -0.25) is 4.99 Å². The monoisotopic (exact) mass is 385 g/mol. The minimum atomic E-state index is -0.698. The zero-order valence-corrected chi connectivity index (χ0v) is 15.4. The lowest BCUT2D eigenvalue weighted by atomic mass is 10.3. The fraction of sp³-hybridized carbons (Fsp3) is 0.353. The molecule has 0 aliphatic carbocycles. The molecule has 136 valence electrons. The van der Waals surface area contributed by atoms with Crippen LogP contribution in [-0.2, 0) is 0 Å². The van der Waals surface area contributed by atoms with E-state index in [1.807, 2.05) is 6.92 Å². The Kier molecular flexibility index (Phi) is 7.97. The van der Waals surface area contributed by atoms with Crippen LogP contribution in [0.25, 0.3) is 0 Å². The molecule has 0 saturated carbocycles. The van der Waals surface area contributed by atoms with Crippen molar-refractivity contribution in [3.05, 3.63) is 51.4 Å². The first kappa shape index (κ1) is 19.5. The molecule has 1 unspecified atom stereocenters. The molecule has 1 aromatic carbocycles. The van der Waals surface area contributed by atoms with E-state index in [1.54, 1.807) is 24.3 Å². The number of halogens is 2. The number of thiophene rings is 1. The van der Waals surface area contributed by atoms with Crippen LogP contribution in [0, 0.1) is 5.82 Å². The summed E-state index contributed by atoms with van der Waals surface area (Å²) in [6.45, 7) is 3.71. The first-order valence-corrected chi connectivity index (χ1v) is 9.11. The van der Waals surface area contributed by atoms with Crippen molar-refractivity contribution in [1.82, 2.24) is 10.6 Å². The molecule has 25 heavy (non-hydrogen) atoms. The predicted molar refractivity (Wildman–Crippen MR) is 100 cm³/mol. The number of rotatable bonds is 8. The Morgan fingerprint density at radius 3 is 2.88 bits per heavy atom. The van der Waals surface area contributed by atoms with Crippen LogP contribution in [0.1, 0.15) is 17.9 Å². The first-order chi connectivity index (χ1) is 12.1. The molecule has 5 nitrogen and oxygen atoms in total. The van der Waals surface area contributed by atoms with Crippen LogP contribution >= 0.6 is 22.9 Å². The minimum absolute atomic E-state index is 0.219. The van der Waals surface area contributed by atoms with Gasteiger partial charge in [0.15, 0.2) is 5.96 Å². The van der Waals surface area contributed by atoms with Crippen LogP contribution < -0.4 is 15.4 Å². The zero-order chi connectivity index (χ0) is 18.1. The summed E-state index contributed by atoms with van der Waals surface area (Å²) in [5.74, 6) is 0.726. The quantitative estimate of drug-likeness (QED) is 0.371. The molecule has 1 aromatic heterocycles. The second kappa shape index (κ2) is 10.2. The summed E-state index contributed by atoms with van der Waals surface area (Å²) in [7, 11) is 0. The third-order valence-electron chi connectivity index (χ3n) is 3.15. The number of aliphatic hydroxyl groups excluding tert-OH is 1. The van der Waals surface area contributed by atoms with Gasteiger partial charge in [-0.25, -0.2) is 4.39 Å². The van der Waals surface area contributed by atoms with Gasteiger partial charge in [-0.2, -0.15) is 0 Å². The fourth-order valence-electron chi connectivity index (χ4n) is 2.01. The van der Waals surface area contributed by atoms with Gasteiger partial charge in [0.05, 0.1) is 17.4 Å². The molecule has 0 spiro atoms. The maximum Gasteiger partial charge on any atom is 0.191 e. The van der Waals surface area contributed by atoms with Crippen LogP contribution in [-0.4, -0.2) is 37.3 Å². The van der Waals surface area contributed by atoms with Crippen molar-refractivity contribution in [2.45, 2.75) is 13.0 Å². The molecular formula is C17H21ClFN3O2S. The number of ether oxygens (including phenoxy) is 1. The van der Waals surface area contributed by atoms with E-state index in [4.69, 9.17) is 16.3 Å². The Morgan fingerprint density at radius 2 is 2.20 bits per heavy atom. The smallest absolute Gasteiger partial charge is 0.191 e. The van der Waals surface area contributed by atoms with Crippen LogP contribution in [0.3, 0.4) is 0 Å². The molecule has 0 aliphatic heterocycles.